The van der Waals surface area contributed by atoms with Crippen molar-refractivity contribution in [1.82, 2.24) is 10.3 Å². The van der Waals surface area contributed by atoms with Crippen LogP contribution < -0.4 is 5.32 Å². The number of hydrogen-bond donors (Lipinski definition) is 1. The molecular formula is C16H23N7O7. The topological polar surface area (TPSA) is 180 Å². The standard InChI is InChI=1S/C16H23N7O7/c17-22-19-4-6-27-8-10-29-12-11-28-9-7-26-5-3-18-13-1-2-14(23(24)25)16-15(13)20-30-21-16/h1-2,18H,3-12H2. The molecule has 30 heavy (non-hydrogen) atoms. The van der Waals surface area contributed by atoms with Crippen molar-refractivity contribution in [2.75, 3.05) is 71.3 Å². The number of azide groups is 1. The van der Waals surface area contributed by atoms with E-state index in [1.54, 1.807) is 6.07 Å². The molecule has 1 aromatic carbocycles. The minimum atomic E-state index is -0.535. The molecule has 0 radical (unpaired) electrons. The summed E-state index contributed by atoms with van der Waals surface area (Å²) in [6.45, 7) is 4.20. The number of ether oxygens (including phenoxy) is 4. The highest BCUT2D eigenvalue weighted by Gasteiger charge is 2.19. The molecule has 0 atom stereocenters. The van der Waals surface area contributed by atoms with Crippen LogP contribution >= 0.6 is 0 Å². The monoisotopic (exact) mass is 425 g/mol. The summed E-state index contributed by atoms with van der Waals surface area (Å²) in [4.78, 5) is 13.0. The van der Waals surface area contributed by atoms with E-state index >= 15 is 0 Å². The van der Waals surface area contributed by atoms with Gasteiger partial charge in [0.15, 0.2) is 5.52 Å². The lowest BCUT2D eigenvalue weighted by atomic mass is 10.2. The molecule has 0 saturated heterocycles. The average molecular weight is 425 g/mol. The number of fused-ring (bicyclic) bond motifs is 1. The van der Waals surface area contributed by atoms with Crippen molar-refractivity contribution < 1.29 is 28.5 Å². The fourth-order valence-corrected chi connectivity index (χ4v) is 2.31. The average Bonchev–Trinajstić information content (AvgIpc) is 3.23. The number of anilines is 1. The van der Waals surface area contributed by atoms with Crippen LogP contribution in [-0.4, -0.2) is 81.2 Å². The zero-order valence-electron chi connectivity index (χ0n) is 16.3. The Labute approximate surface area is 171 Å². The van der Waals surface area contributed by atoms with Crippen molar-refractivity contribution >= 4 is 22.4 Å². The van der Waals surface area contributed by atoms with E-state index < -0.39 is 4.92 Å². The van der Waals surface area contributed by atoms with Gasteiger partial charge >= 0.3 is 5.69 Å². The van der Waals surface area contributed by atoms with Gasteiger partial charge in [-0.2, -0.15) is 0 Å². The lowest BCUT2D eigenvalue weighted by molar-refractivity contribution is -0.383. The van der Waals surface area contributed by atoms with Crippen LogP contribution in [0.2, 0.25) is 0 Å². The normalized spacial score (nSPS) is 10.8. The molecule has 164 valence electrons. The quantitative estimate of drug-likeness (QED) is 0.0982. The van der Waals surface area contributed by atoms with E-state index in [1.807, 2.05) is 0 Å². The Kier molecular flexibility index (Phi) is 10.9. The molecule has 0 bridgehead atoms. The predicted molar refractivity (Wildman–Crippen MR) is 104 cm³/mol. The number of nitro benzene ring substituents is 1. The second kappa shape index (κ2) is 14.0. The van der Waals surface area contributed by atoms with Crippen molar-refractivity contribution in [3.63, 3.8) is 0 Å². The van der Waals surface area contributed by atoms with Crippen LogP contribution in [0, 0.1) is 10.1 Å². The van der Waals surface area contributed by atoms with Crippen molar-refractivity contribution in [2.24, 2.45) is 5.11 Å². The van der Waals surface area contributed by atoms with Gasteiger partial charge in [-0.15, -0.1) is 0 Å². The molecule has 0 amide bonds. The zero-order valence-corrected chi connectivity index (χ0v) is 16.3. The van der Waals surface area contributed by atoms with Crippen LogP contribution in [0.5, 0.6) is 0 Å². The number of nitrogens with zero attached hydrogens (tertiary/aromatic N) is 6. The Balaban J connectivity index is 1.45. The molecule has 14 nitrogen and oxygen atoms in total. The Morgan fingerprint density at radius 3 is 2.23 bits per heavy atom. The molecule has 1 aromatic heterocycles. The molecule has 0 spiro atoms. The number of rotatable bonds is 17. The molecule has 0 aliphatic carbocycles. The zero-order chi connectivity index (χ0) is 21.4. The molecule has 2 rings (SSSR count). The Morgan fingerprint density at radius 1 is 1.00 bits per heavy atom. The van der Waals surface area contributed by atoms with E-state index in [2.05, 4.69) is 30.3 Å². The third-order valence-corrected chi connectivity index (χ3v) is 3.67. The van der Waals surface area contributed by atoms with E-state index in [-0.39, 0.29) is 11.2 Å². The smallest absolute Gasteiger partial charge is 0.300 e. The molecule has 0 saturated carbocycles. The van der Waals surface area contributed by atoms with E-state index in [9.17, 15) is 10.1 Å². The SMILES string of the molecule is [N-]=[N+]=NCCOCCOCCOCCOCCNc1ccc([N+](=O)[O-])c2nonc12. The van der Waals surface area contributed by atoms with Gasteiger partial charge in [0.2, 0.25) is 5.52 Å². The van der Waals surface area contributed by atoms with Gasteiger partial charge in [0.1, 0.15) is 0 Å². The number of nitro groups is 1. The van der Waals surface area contributed by atoms with Crippen LogP contribution in [0.25, 0.3) is 21.5 Å². The minimum absolute atomic E-state index is 0.0984. The summed E-state index contributed by atoms with van der Waals surface area (Å²) >= 11 is 0. The van der Waals surface area contributed by atoms with Crippen LogP contribution in [0.4, 0.5) is 11.4 Å². The number of hydrogen-bond acceptors (Lipinski definition) is 11. The van der Waals surface area contributed by atoms with Gasteiger partial charge in [-0.05, 0) is 21.9 Å². The summed E-state index contributed by atoms with van der Waals surface area (Å²) < 4.78 is 25.9. The molecule has 0 aliphatic heterocycles. The summed E-state index contributed by atoms with van der Waals surface area (Å²) in [5, 5.41) is 24.7. The summed E-state index contributed by atoms with van der Waals surface area (Å²) in [5.74, 6) is 0. The van der Waals surface area contributed by atoms with E-state index in [0.717, 1.165) is 0 Å². The highest BCUT2D eigenvalue weighted by molar-refractivity contribution is 5.93. The van der Waals surface area contributed by atoms with E-state index in [4.69, 9.17) is 24.5 Å². The van der Waals surface area contributed by atoms with Gasteiger partial charge in [-0.1, -0.05) is 5.11 Å². The molecule has 0 fully saturated rings. The van der Waals surface area contributed by atoms with Crippen molar-refractivity contribution in [2.45, 2.75) is 0 Å². The Morgan fingerprint density at radius 2 is 1.60 bits per heavy atom. The second-order valence-electron chi connectivity index (χ2n) is 5.68. The van der Waals surface area contributed by atoms with Crippen LogP contribution in [0.1, 0.15) is 0 Å². The number of benzene rings is 1. The maximum absolute atomic E-state index is 11.0. The first-order valence-corrected chi connectivity index (χ1v) is 9.19. The first-order valence-electron chi connectivity index (χ1n) is 9.19. The highest BCUT2D eigenvalue weighted by atomic mass is 16.6. The maximum Gasteiger partial charge on any atom is 0.300 e. The van der Waals surface area contributed by atoms with E-state index in [1.165, 1.54) is 6.07 Å². The van der Waals surface area contributed by atoms with Crippen LogP contribution in [-0.2, 0) is 18.9 Å². The Bertz CT molecular complexity index is 825. The van der Waals surface area contributed by atoms with Gasteiger partial charge < -0.3 is 24.3 Å². The lowest BCUT2D eigenvalue weighted by Crippen LogP contribution is -2.15. The highest BCUT2D eigenvalue weighted by Crippen LogP contribution is 2.28. The lowest BCUT2D eigenvalue weighted by Gasteiger charge is -2.08. The first-order chi connectivity index (χ1) is 14.7. The fourth-order valence-electron chi connectivity index (χ4n) is 2.31. The molecule has 1 N–H and O–H groups in total. The number of nitrogens with one attached hydrogen (secondary N) is 1. The maximum atomic E-state index is 11.0. The van der Waals surface area contributed by atoms with Gasteiger partial charge in [0.05, 0.1) is 63.5 Å². The third-order valence-electron chi connectivity index (χ3n) is 3.67. The summed E-state index contributed by atoms with van der Waals surface area (Å²) in [6.07, 6.45) is 0. The molecule has 0 aliphatic rings. The number of aromatic nitrogens is 2. The second-order valence-corrected chi connectivity index (χ2v) is 5.68. The predicted octanol–water partition coefficient (Wildman–Crippen LogP) is 1.92. The Hall–Kier alpha value is -3.03. The minimum Gasteiger partial charge on any atom is -0.381 e. The molecule has 1 heterocycles. The first kappa shape index (κ1) is 23.3. The van der Waals surface area contributed by atoms with Gasteiger partial charge in [-0.3, -0.25) is 10.1 Å². The van der Waals surface area contributed by atoms with Crippen molar-refractivity contribution in [3.8, 4) is 0 Å². The van der Waals surface area contributed by atoms with Crippen molar-refractivity contribution in [3.05, 3.63) is 32.7 Å². The van der Waals surface area contributed by atoms with Crippen LogP contribution in [0.3, 0.4) is 0 Å². The van der Waals surface area contributed by atoms with E-state index in [0.29, 0.717) is 77.1 Å². The molecular weight excluding hydrogens is 402 g/mol. The van der Waals surface area contributed by atoms with Gasteiger partial charge in [0.25, 0.3) is 0 Å². The van der Waals surface area contributed by atoms with Crippen LogP contribution in [0.15, 0.2) is 21.9 Å². The molecule has 2 aromatic rings. The van der Waals surface area contributed by atoms with Gasteiger partial charge in [0, 0.05) is 24.1 Å². The third kappa shape index (κ3) is 8.14. The fraction of sp³-hybridized carbons (Fsp3) is 0.625. The summed E-state index contributed by atoms with van der Waals surface area (Å²) in [5.41, 5.74) is 8.91. The summed E-state index contributed by atoms with van der Waals surface area (Å²) in [6, 6.07) is 2.90. The largest absolute Gasteiger partial charge is 0.381 e. The van der Waals surface area contributed by atoms with Gasteiger partial charge in [-0.25, -0.2) is 4.63 Å². The molecule has 0 unspecified atom stereocenters. The molecule has 14 heteroatoms. The van der Waals surface area contributed by atoms with Crippen molar-refractivity contribution in [1.29, 1.82) is 0 Å². The summed E-state index contributed by atoms with van der Waals surface area (Å²) in [7, 11) is 0. The number of non-ortho nitro benzene ring substituents is 1.